The molecule has 1 aromatic carbocycles. The molecule has 1 aromatic heterocycles. The zero-order valence-electron chi connectivity index (χ0n) is 8.55. The second-order valence-corrected chi connectivity index (χ2v) is 3.85. The Morgan fingerprint density at radius 1 is 1.33 bits per heavy atom. The minimum absolute atomic E-state index is 0.774. The first-order valence-electron chi connectivity index (χ1n) is 4.88. The maximum Gasteiger partial charge on any atom is 0.0457 e. The van der Waals surface area contributed by atoms with E-state index in [-0.39, 0.29) is 0 Å². The van der Waals surface area contributed by atoms with Crippen LogP contribution in [0.25, 0.3) is 11.3 Å². The second kappa shape index (κ2) is 4.51. The van der Waals surface area contributed by atoms with Gasteiger partial charge in [0.05, 0.1) is 0 Å². The molecule has 2 nitrogen and oxygen atoms in total. The van der Waals surface area contributed by atoms with Crippen LogP contribution in [0.4, 0.5) is 0 Å². The number of nitrogens with one attached hydrogen (secondary N) is 2. The van der Waals surface area contributed by atoms with Crippen LogP contribution >= 0.6 is 11.6 Å². The second-order valence-electron chi connectivity index (χ2n) is 3.42. The van der Waals surface area contributed by atoms with Gasteiger partial charge in [0.15, 0.2) is 0 Å². The van der Waals surface area contributed by atoms with Crippen molar-refractivity contribution < 1.29 is 0 Å². The molecule has 0 atom stereocenters. The highest BCUT2D eigenvalue weighted by Gasteiger charge is 2.05. The van der Waals surface area contributed by atoms with E-state index < -0.39 is 0 Å². The van der Waals surface area contributed by atoms with Gasteiger partial charge in [-0.2, -0.15) is 0 Å². The first-order valence-corrected chi connectivity index (χ1v) is 5.26. The van der Waals surface area contributed by atoms with Crippen molar-refractivity contribution in [3.63, 3.8) is 0 Å². The van der Waals surface area contributed by atoms with Crippen molar-refractivity contribution in [2.24, 2.45) is 0 Å². The molecule has 15 heavy (non-hydrogen) atoms. The number of H-pyrrole nitrogens is 1. The summed E-state index contributed by atoms with van der Waals surface area (Å²) in [4.78, 5) is 3.20. The highest BCUT2D eigenvalue weighted by atomic mass is 35.5. The van der Waals surface area contributed by atoms with Gasteiger partial charge in [-0.25, -0.2) is 0 Å². The topological polar surface area (TPSA) is 27.8 Å². The van der Waals surface area contributed by atoms with Gasteiger partial charge in [-0.1, -0.05) is 17.7 Å². The molecule has 0 radical (unpaired) electrons. The van der Waals surface area contributed by atoms with Crippen molar-refractivity contribution in [1.29, 1.82) is 0 Å². The molecule has 2 aromatic rings. The quantitative estimate of drug-likeness (QED) is 0.818. The number of halogens is 1. The average Bonchev–Trinajstić information content (AvgIpc) is 2.71. The molecule has 0 aliphatic rings. The predicted molar refractivity (Wildman–Crippen MR) is 64.0 cm³/mol. The molecule has 0 unspecified atom stereocenters. The summed E-state index contributed by atoms with van der Waals surface area (Å²) >= 11 is 5.98. The van der Waals surface area contributed by atoms with Crippen molar-refractivity contribution in [2.75, 3.05) is 7.05 Å². The fraction of sp³-hybridized carbons (Fsp3) is 0.167. The Kier molecular flexibility index (Phi) is 3.09. The monoisotopic (exact) mass is 220 g/mol. The van der Waals surface area contributed by atoms with Crippen LogP contribution in [0.3, 0.4) is 0 Å². The Morgan fingerprint density at radius 2 is 2.20 bits per heavy atom. The van der Waals surface area contributed by atoms with Gasteiger partial charge in [-0.3, -0.25) is 0 Å². The van der Waals surface area contributed by atoms with E-state index in [1.54, 1.807) is 0 Å². The smallest absolute Gasteiger partial charge is 0.0457 e. The lowest BCUT2D eigenvalue weighted by Crippen LogP contribution is -2.06. The molecule has 0 amide bonds. The van der Waals surface area contributed by atoms with Gasteiger partial charge in [0.1, 0.15) is 0 Å². The van der Waals surface area contributed by atoms with E-state index in [9.17, 15) is 0 Å². The third-order valence-electron chi connectivity index (χ3n) is 2.32. The number of hydrogen-bond donors (Lipinski definition) is 2. The summed E-state index contributed by atoms with van der Waals surface area (Å²) in [6.45, 7) is 0.814. The lowest BCUT2D eigenvalue weighted by Gasteiger charge is -2.08. The van der Waals surface area contributed by atoms with E-state index in [1.165, 1.54) is 11.1 Å². The fourth-order valence-corrected chi connectivity index (χ4v) is 1.85. The summed E-state index contributed by atoms with van der Waals surface area (Å²) in [5.74, 6) is 0. The maximum atomic E-state index is 5.98. The molecule has 3 heteroatoms. The van der Waals surface area contributed by atoms with Gasteiger partial charge in [-0.15, -0.1) is 0 Å². The molecule has 0 saturated carbocycles. The largest absolute Gasteiger partial charge is 0.361 e. The van der Waals surface area contributed by atoms with Crippen LogP contribution in [0.1, 0.15) is 5.56 Å². The molecule has 2 N–H and O–H groups in total. The number of hydrogen-bond acceptors (Lipinski definition) is 1. The molecule has 0 spiro atoms. The Bertz CT molecular complexity index is 435. The summed E-state index contributed by atoms with van der Waals surface area (Å²) in [5.41, 5.74) is 3.52. The summed E-state index contributed by atoms with van der Waals surface area (Å²) in [6.07, 6.45) is 1.92. The molecular weight excluding hydrogens is 208 g/mol. The highest BCUT2D eigenvalue weighted by molar-refractivity contribution is 6.30. The van der Waals surface area contributed by atoms with Crippen LogP contribution in [0.15, 0.2) is 36.5 Å². The SMILES string of the molecule is CNCc1cc(Cl)ccc1-c1ccc[nH]1. The van der Waals surface area contributed by atoms with Crippen LogP contribution < -0.4 is 5.32 Å². The maximum absolute atomic E-state index is 5.98. The van der Waals surface area contributed by atoms with Crippen molar-refractivity contribution >= 4 is 11.6 Å². The molecule has 0 aliphatic heterocycles. The van der Waals surface area contributed by atoms with E-state index in [0.29, 0.717) is 0 Å². The summed E-state index contributed by atoms with van der Waals surface area (Å²) in [6, 6.07) is 10.0. The summed E-state index contributed by atoms with van der Waals surface area (Å²) in [7, 11) is 1.93. The number of benzene rings is 1. The molecule has 0 aliphatic carbocycles. The minimum Gasteiger partial charge on any atom is -0.361 e. The number of rotatable bonds is 3. The minimum atomic E-state index is 0.774. The highest BCUT2D eigenvalue weighted by Crippen LogP contribution is 2.25. The Balaban J connectivity index is 2.46. The van der Waals surface area contributed by atoms with Gasteiger partial charge in [-0.05, 0) is 36.9 Å². The van der Waals surface area contributed by atoms with E-state index in [4.69, 9.17) is 11.6 Å². The van der Waals surface area contributed by atoms with Crippen LogP contribution in [0.2, 0.25) is 5.02 Å². The molecule has 78 valence electrons. The van der Waals surface area contributed by atoms with E-state index in [0.717, 1.165) is 17.3 Å². The Labute approximate surface area is 94.3 Å². The Hall–Kier alpha value is -1.25. The van der Waals surface area contributed by atoms with Gasteiger partial charge in [0, 0.05) is 29.0 Å². The van der Waals surface area contributed by atoms with Crippen molar-refractivity contribution in [2.45, 2.75) is 6.54 Å². The molecule has 0 fully saturated rings. The molecule has 2 rings (SSSR count). The lowest BCUT2D eigenvalue weighted by molar-refractivity contribution is 0.819. The van der Waals surface area contributed by atoms with Crippen molar-refractivity contribution in [1.82, 2.24) is 10.3 Å². The third-order valence-corrected chi connectivity index (χ3v) is 2.56. The third kappa shape index (κ3) is 2.22. The van der Waals surface area contributed by atoms with Crippen LogP contribution in [-0.4, -0.2) is 12.0 Å². The zero-order chi connectivity index (χ0) is 10.7. The standard InChI is InChI=1S/C12H13ClN2/c1-14-8-9-7-10(13)4-5-11(9)12-3-2-6-15-12/h2-7,14-15H,8H2,1H3. The van der Waals surface area contributed by atoms with Gasteiger partial charge in [0.2, 0.25) is 0 Å². The average molecular weight is 221 g/mol. The molecule has 0 bridgehead atoms. The number of aromatic nitrogens is 1. The normalized spacial score (nSPS) is 10.5. The first-order chi connectivity index (χ1) is 7.31. The zero-order valence-corrected chi connectivity index (χ0v) is 9.31. The van der Waals surface area contributed by atoms with E-state index >= 15 is 0 Å². The lowest BCUT2D eigenvalue weighted by atomic mass is 10.0. The van der Waals surface area contributed by atoms with Gasteiger partial charge >= 0.3 is 0 Å². The van der Waals surface area contributed by atoms with E-state index in [2.05, 4.69) is 16.4 Å². The van der Waals surface area contributed by atoms with Crippen molar-refractivity contribution in [3.8, 4) is 11.3 Å². The Morgan fingerprint density at radius 3 is 2.87 bits per heavy atom. The number of aromatic amines is 1. The van der Waals surface area contributed by atoms with Crippen LogP contribution in [-0.2, 0) is 6.54 Å². The first kappa shape index (κ1) is 10.3. The van der Waals surface area contributed by atoms with Crippen molar-refractivity contribution in [3.05, 3.63) is 47.1 Å². The van der Waals surface area contributed by atoms with Crippen LogP contribution in [0.5, 0.6) is 0 Å². The van der Waals surface area contributed by atoms with Gasteiger partial charge < -0.3 is 10.3 Å². The summed E-state index contributed by atoms with van der Waals surface area (Å²) in [5, 5.41) is 3.91. The molecular formula is C12H13ClN2. The van der Waals surface area contributed by atoms with Gasteiger partial charge in [0.25, 0.3) is 0 Å². The fourth-order valence-electron chi connectivity index (χ4n) is 1.66. The molecule has 1 heterocycles. The summed E-state index contributed by atoms with van der Waals surface area (Å²) < 4.78 is 0. The van der Waals surface area contributed by atoms with Crippen LogP contribution in [0, 0.1) is 0 Å². The van der Waals surface area contributed by atoms with E-state index in [1.807, 2.05) is 37.5 Å². The molecule has 0 saturated heterocycles. The predicted octanol–water partition coefficient (Wildman–Crippen LogP) is 3.05.